The molecular formula is C10H9F6NO5. The summed E-state index contributed by atoms with van der Waals surface area (Å²) >= 11 is 0. The number of hydrogen-bond donors (Lipinski definition) is 1. The van der Waals surface area contributed by atoms with Gasteiger partial charge in [-0.25, -0.2) is 9.59 Å². The Labute approximate surface area is 119 Å². The molecule has 0 saturated carbocycles. The van der Waals surface area contributed by atoms with E-state index in [1.165, 1.54) is 0 Å². The minimum Gasteiger partial charge on any atom is -0.477 e. The molecule has 1 saturated heterocycles. The van der Waals surface area contributed by atoms with Gasteiger partial charge in [0, 0.05) is 0 Å². The maximum atomic E-state index is 12.0. The summed E-state index contributed by atoms with van der Waals surface area (Å²) in [6.07, 6.45) is -9.74. The molecule has 0 aromatic heterocycles. The molecule has 1 fully saturated rings. The van der Waals surface area contributed by atoms with Crippen molar-refractivity contribution in [3.8, 4) is 0 Å². The van der Waals surface area contributed by atoms with Crippen LogP contribution in [0.1, 0.15) is 0 Å². The van der Waals surface area contributed by atoms with Crippen molar-refractivity contribution in [2.75, 3.05) is 26.4 Å². The van der Waals surface area contributed by atoms with E-state index in [-0.39, 0.29) is 13.2 Å². The molecule has 6 nitrogen and oxygen atoms in total. The second kappa shape index (κ2) is 6.75. The van der Waals surface area contributed by atoms with Crippen molar-refractivity contribution in [1.82, 2.24) is 5.32 Å². The Morgan fingerprint density at radius 1 is 1.00 bits per heavy atom. The van der Waals surface area contributed by atoms with Crippen LogP contribution in [0.2, 0.25) is 0 Å². The lowest BCUT2D eigenvalue weighted by atomic mass is 10.3. The highest BCUT2D eigenvalue weighted by Gasteiger charge is 2.37. The Morgan fingerprint density at radius 3 is 1.77 bits per heavy atom. The molecule has 0 bridgehead atoms. The van der Waals surface area contributed by atoms with E-state index in [4.69, 9.17) is 4.74 Å². The van der Waals surface area contributed by atoms with Crippen molar-refractivity contribution in [2.45, 2.75) is 12.4 Å². The van der Waals surface area contributed by atoms with Gasteiger partial charge in [-0.3, -0.25) is 0 Å². The van der Waals surface area contributed by atoms with Gasteiger partial charge >= 0.3 is 24.3 Å². The second-order valence-electron chi connectivity index (χ2n) is 3.86. The van der Waals surface area contributed by atoms with E-state index in [1.807, 2.05) is 0 Å². The lowest BCUT2D eigenvalue weighted by Gasteiger charge is -2.12. The van der Waals surface area contributed by atoms with Gasteiger partial charge in [0.05, 0.1) is 6.54 Å². The Kier molecular flexibility index (Phi) is 5.49. The number of nitrogens with one attached hydrogen (secondary N) is 1. The summed E-state index contributed by atoms with van der Waals surface area (Å²) in [5.74, 6) is -4.22. The highest BCUT2D eigenvalue weighted by Crippen LogP contribution is 2.19. The van der Waals surface area contributed by atoms with Crippen LogP contribution < -0.4 is 5.32 Å². The summed E-state index contributed by atoms with van der Waals surface area (Å²) in [6.45, 7) is -3.99. The third-order valence-corrected chi connectivity index (χ3v) is 2.00. The molecule has 1 N–H and O–H groups in total. The minimum atomic E-state index is -4.87. The number of halogens is 6. The number of carbonyl (C=O) groups excluding carboxylic acids is 2. The fourth-order valence-corrected chi connectivity index (χ4v) is 1.24. The lowest BCUT2D eigenvalue weighted by molar-refractivity contribution is -0.189. The van der Waals surface area contributed by atoms with Crippen LogP contribution in [0.4, 0.5) is 26.3 Å². The van der Waals surface area contributed by atoms with Gasteiger partial charge in [-0.2, -0.15) is 26.3 Å². The maximum Gasteiger partial charge on any atom is 0.422 e. The van der Waals surface area contributed by atoms with Crippen LogP contribution in [-0.2, 0) is 23.8 Å². The molecule has 12 heteroatoms. The van der Waals surface area contributed by atoms with Gasteiger partial charge < -0.3 is 19.5 Å². The van der Waals surface area contributed by atoms with Crippen LogP contribution in [0.25, 0.3) is 0 Å². The fraction of sp³-hybridized carbons (Fsp3) is 0.600. The van der Waals surface area contributed by atoms with Crippen LogP contribution in [-0.4, -0.2) is 50.7 Å². The molecule has 1 aliphatic heterocycles. The molecule has 0 aromatic rings. The predicted molar refractivity (Wildman–Crippen MR) is 55.0 cm³/mol. The Balaban J connectivity index is 2.83. The van der Waals surface area contributed by atoms with Crippen molar-refractivity contribution >= 4 is 11.9 Å². The second-order valence-corrected chi connectivity index (χ2v) is 3.86. The van der Waals surface area contributed by atoms with Crippen molar-refractivity contribution in [1.29, 1.82) is 0 Å². The summed E-state index contributed by atoms with van der Waals surface area (Å²) in [7, 11) is 0. The third kappa shape index (κ3) is 6.10. The zero-order chi connectivity index (χ0) is 17.0. The molecular weight excluding hydrogens is 328 g/mol. The maximum absolute atomic E-state index is 12.0. The van der Waals surface area contributed by atoms with Crippen LogP contribution in [0.3, 0.4) is 0 Å². The predicted octanol–water partition coefficient (Wildman–Crippen LogP) is 1.03. The van der Waals surface area contributed by atoms with Crippen LogP contribution >= 0.6 is 0 Å². The average Bonchev–Trinajstić information content (AvgIpc) is 2.86. The van der Waals surface area contributed by atoms with Gasteiger partial charge in [0.25, 0.3) is 0 Å². The van der Waals surface area contributed by atoms with Gasteiger partial charge in [0.2, 0.25) is 11.5 Å². The first kappa shape index (κ1) is 17.9. The van der Waals surface area contributed by atoms with E-state index in [2.05, 4.69) is 14.8 Å². The molecule has 0 aromatic carbocycles. The smallest absolute Gasteiger partial charge is 0.422 e. The first-order valence-corrected chi connectivity index (χ1v) is 5.58. The van der Waals surface area contributed by atoms with E-state index in [1.54, 1.807) is 0 Å². The van der Waals surface area contributed by atoms with E-state index < -0.39 is 49.0 Å². The highest BCUT2D eigenvalue weighted by atomic mass is 19.4. The number of ether oxygens (including phenoxy) is 3. The van der Waals surface area contributed by atoms with Gasteiger partial charge in [-0.05, 0) is 0 Å². The van der Waals surface area contributed by atoms with Crippen LogP contribution in [0.15, 0.2) is 11.5 Å². The van der Waals surface area contributed by atoms with Gasteiger partial charge in [0.15, 0.2) is 13.2 Å². The SMILES string of the molecule is O=C(OCC(F)(F)F)C(C(=O)OCC(F)(F)F)=C1NCCO1. The highest BCUT2D eigenvalue weighted by molar-refractivity contribution is 6.14. The topological polar surface area (TPSA) is 73.9 Å². The van der Waals surface area contributed by atoms with Crippen molar-refractivity contribution in [3.05, 3.63) is 11.5 Å². The van der Waals surface area contributed by atoms with Crippen LogP contribution in [0, 0.1) is 0 Å². The summed E-state index contributed by atoms with van der Waals surface area (Å²) in [6, 6.07) is 0. The van der Waals surface area contributed by atoms with Gasteiger partial charge in [0.1, 0.15) is 6.61 Å². The summed E-state index contributed by atoms with van der Waals surface area (Å²) in [4.78, 5) is 22.9. The first-order chi connectivity index (χ1) is 9.99. The number of rotatable bonds is 4. The number of alkyl halides is 6. The molecule has 0 atom stereocenters. The lowest BCUT2D eigenvalue weighted by Crippen LogP contribution is -2.29. The molecule has 0 unspecified atom stereocenters. The normalized spacial score (nSPS) is 14.9. The summed E-state index contributed by atoms with van der Waals surface area (Å²) in [5.41, 5.74) is -1.20. The Morgan fingerprint density at radius 2 is 1.45 bits per heavy atom. The van der Waals surface area contributed by atoms with Crippen molar-refractivity contribution in [3.63, 3.8) is 0 Å². The first-order valence-electron chi connectivity index (χ1n) is 5.58. The molecule has 0 amide bonds. The van der Waals surface area contributed by atoms with Crippen molar-refractivity contribution in [2.24, 2.45) is 0 Å². The fourth-order valence-electron chi connectivity index (χ4n) is 1.24. The minimum absolute atomic E-state index is 0.0437. The number of esters is 2. The summed E-state index contributed by atoms with van der Waals surface area (Å²) in [5, 5.41) is 2.31. The van der Waals surface area contributed by atoms with E-state index >= 15 is 0 Å². The van der Waals surface area contributed by atoms with E-state index in [0.717, 1.165) is 0 Å². The van der Waals surface area contributed by atoms with Crippen molar-refractivity contribution < 1.29 is 50.1 Å². The molecule has 0 spiro atoms. The largest absolute Gasteiger partial charge is 0.477 e. The number of hydrogen-bond acceptors (Lipinski definition) is 6. The molecule has 126 valence electrons. The van der Waals surface area contributed by atoms with E-state index in [9.17, 15) is 35.9 Å². The zero-order valence-electron chi connectivity index (χ0n) is 10.6. The Hall–Kier alpha value is -2.14. The molecule has 0 radical (unpaired) electrons. The molecule has 0 aliphatic carbocycles. The monoisotopic (exact) mass is 337 g/mol. The molecule has 1 aliphatic rings. The summed E-state index contributed by atoms with van der Waals surface area (Å²) < 4.78 is 84.1. The van der Waals surface area contributed by atoms with Crippen LogP contribution in [0.5, 0.6) is 0 Å². The van der Waals surface area contributed by atoms with Gasteiger partial charge in [-0.1, -0.05) is 0 Å². The standard InChI is InChI=1S/C10H9F6NO5/c11-9(12,13)3-21-7(18)5(6-17-1-2-20-6)8(19)22-4-10(14,15)16/h17H,1-4H2. The molecule has 22 heavy (non-hydrogen) atoms. The average molecular weight is 337 g/mol. The zero-order valence-corrected chi connectivity index (χ0v) is 10.6. The van der Waals surface area contributed by atoms with Gasteiger partial charge in [-0.15, -0.1) is 0 Å². The number of carbonyl (C=O) groups is 2. The Bertz CT molecular complexity index is 429. The quantitative estimate of drug-likeness (QED) is 0.272. The third-order valence-electron chi connectivity index (χ3n) is 2.00. The molecule has 1 rings (SSSR count). The molecule has 1 heterocycles. The van der Waals surface area contributed by atoms with E-state index in [0.29, 0.717) is 0 Å².